The van der Waals surface area contributed by atoms with Gasteiger partial charge in [0.1, 0.15) is 0 Å². The van der Waals surface area contributed by atoms with Gasteiger partial charge in [-0.2, -0.15) is 0 Å². The number of nitrogens with zero attached hydrogens (tertiary/aromatic N) is 1. The van der Waals surface area contributed by atoms with Gasteiger partial charge in [-0.05, 0) is 25.1 Å². The largest absolute Gasteiger partial charge is 0.478 e. The summed E-state index contributed by atoms with van der Waals surface area (Å²) < 4.78 is 0. The van der Waals surface area contributed by atoms with Crippen molar-refractivity contribution in [2.45, 2.75) is 13.5 Å². The number of hydrogen-bond donors (Lipinski definition) is 2. The maximum Gasteiger partial charge on any atom is 0.337 e. The van der Waals surface area contributed by atoms with Gasteiger partial charge in [-0.3, -0.25) is 0 Å². The zero-order chi connectivity index (χ0) is 13.1. The van der Waals surface area contributed by atoms with Crippen molar-refractivity contribution in [3.05, 3.63) is 44.9 Å². The number of carboxylic acids is 1. The van der Waals surface area contributed by atoms with E-state index in [0.29, 0.717) is 6.54 Å². The molecule has 18 heavy (non-hydrogen) atoms. The number of carboxylic acid groups (broad SMARTS) is 1. The van der Waals surface area contributed by atoms with E-state index >= 15 is 0 Å². The smallest absolute Gasteiger partial charge is 0.337 e. The summed E-state index contributed by atoms with van der Waals surface area (Å²) in [7, 11) is 0. The Morgan fingerprint density at radius 3 is 2.89 bits per heavy atom. The van der Waals surface area contributed by atoms with Gasteiger partial charge in [-0.15, -0.1) is 11.3 Å². The number of aryl methyl sites for hydroxylation is 1. The van der Waals surface area contributed by atoms with Crippen LogP contribution in [0.3, 0.4) is 0 Å². The Morgan fingerprint density at radius 2 is 2.33 bits per heavy atom. The average molecular weight is 283 g/mol. The van der Waals surface area contributed by atoms with Crippen LogP contribution in [0.15, 0.2) is 23.6 Å². The molecule has 0 radical (unpaired) electrons. The number of nitrogens with one attached hydrogen (secondary N) is 1. The lowest BCUT2D eigenvalue weighted by Gasteiger charge is -2.06. The molecule has 1 aromatic heterocycles. The molecule has 6 heteroatoms. The van der Waals surface area contributed by atoms with Gasteiger partial charge in [0.2, 0.25) is 0 Å². The van der Waals surface area contributed by atoms with Gasteiger partial charge in [0.25, 0.3) is 0 Å². The van der Waals surface area contributed by atoms with Crippen LogP contribution < -0.4 is 5.32 Å². The van der Waals surface area contributed by atoms with E-state index in [1.165, 1.54) is 6.07 Å². The SMILES string of the molecule is Cc1nc(CNc2ccc(C(=O)O)c(Cl)c2)cs1. The number of aromatic nitrogens is 1. The minimum absolute atomic E-state index is 0.103. The minimum Gasteiger partial charge on any atom is -0.478 e. The molecule has 0 bridgehead atoms. The van der Waals surface area contributed by atoms with Crippen LogP contribution in [0.4, 0.5) is 5.69 Å². The Hall–Kier alpha value is -1.59. The third-order valence-electron chi connectivity index (χ3n) is 2.34. The molecule has 0 aliphatic carbocycles. The first-order valence-electron chi connectivity index (χ1n) is 5.24. The molecule has 0 fully saturated rings. The number of rotatable bonds is 4. The van der Waals surface area contributed by atoms with Crippen molar-refractivity contribution in [2.24, 2.45) is 0 Å². The lowest BCUT2D eigenvalue weighted by atomic mass is 10.2. The van der Waals surface area contributed by atoms with Crippen molar-refractivity contribution in [3.63, 3.8) is 0 Å². The van der Waals surface area contributed by atoms with E-state index in [0.717, 1.165) is 16.4 Å². The minimum atomic E-state index is -1.03. The molecule has 1 aromatic carbocycles. The monoisotopic (exact) mass is 282 g/mol. The normalized spacial score (nSPS) is 10.3. The van der Waals surface area contributed by atoms with Gasteiger partial charge in [0.05, 0.1) is 27.8 Å². The number of thiazole rings is 1. The highest BCUT2D eigenvalue weighted by Gasteiger charge is 2.08. The molecule has 0 aliphatic rings. The predicted octanol–water partition coefficient (Wildman–Crippen LogP) is 3.42. The quantitative estimate of drug-likeness (QED) is 0.902. The highest BCUT2D eigenvalue weighted by Crippen LogP contribution is 2.21. The van der Waals surface area contributed by atoms with Gasteiger partial charge in [0, 0.05) is 11.1 Å². The molecule has 1 heterocycles. The van der Waals surface area contributed by atoms with Gasteiger partial charge in [0.15, 0.2) is 0 Å². The number of carbonyl (C=O) groups is 1. The molecular formula is C12H11ClN2O2S. The summed E-state index contributed by atoms with van der Waals surface area (Å²) in [6.07, 6.45) is 0. The first-order chi connectivity index (χ1) is 8.56. The van der Waals surface area contributed by atoms with E-state index in [4.69, 9.17) is 16.7 Å². The number of aromatic carboxylic acids is 1. The second-order valence-electron chi connectivity index (χ2n) is 3.71. The van der Waals surface area contributed by atoms with Gasteiger partial charge < -0.3 is 10.4 Å². The molecule has 94 valence electrons. The lowest BCUT2D eigenvalue weighted by Crippen LogP contribution is -2.02. The third-order valence-corrected chi connectivity index (χ3v) is 3.47. The zero-order valence-electron chi connectivity index (χ0n) is 9.61. The van der Waals surface area contributed by atoms with E-state index in [2.05, 4.69) is 10.3 Å². The molecule has 0 aliphatic heterocycles. The summed E-state index contributed by atoms with van der Waals surface area (Å²) in [5.41, 5.74) is 1.83. The van der Waals surface area contributed by atoms with Crippen LogP contribution in [0.2, 0.25) is 5.02 Å². The highest BCUT2D eigenvalue weighted by atomic mass is 35.5. The van der Waals surface area contributed by atoms with E-state index in [1.54, 1.807) is 23.5 Å². The Bertz CT molecular complexity index is 583. The Morgan fingerprint density at radius 1 is 1.56 bits per heavy atom. The first kappa shape index (κ1) is 12.9. The molecule has 2 rings (SSSR count). The standard InChI is InChI=1S/C12H11ClN2O2S/c1-7-15-9(6-18-7)5-14-8-2-3-10(12(16)17)11(13)4-8/h2-4,6,14H,5H2,1H3,(H,16,17). The number of halogens is 1. The zero-order valence-corrected chi connectivity index (χ0v) is 11.2. The molecule has 0 amide bonds. The number of hydrogen-bond acceptors (Lipinski definition) is 4. The van der Waals surface area contributed by atoms with Crippen molar-refractivity contribution in [2.75, 3.05) is 5.32 Å². The maximum atomic E-state index is 10.8. The van der Waals surface area contributed by atoms with Crippen LogP contribution in [-0.2, 0) is 6.54 Å². The van der Waals surface area contributed by atoms with Gasteiger partial charge in [-0.25, -0.2) is 9.78 Å². The molecule has 2 aromatic rings. The average Bonchev–Trinajstić information content (AvgIpc) is 2.72. The summed E-state index contributed by atoms with van der Waals surface area (Å²) in [6, 6.07) is 4.78. The van der Waals surface area contributed by atoms with E-state index in [9.17, 15) is 4.79 Å². The second kappa shape index (κ2) is 5.37. The lowest BCUT2D eigenvalue weighted by molar-refractivity contribution is 0.0697. The second-order valence-corrected chi connectivity index (χ2v) is 5.18. The van der Waals surface area contributed by atoms with Crippen molar-refractivity contribution in [3.8, 4) is 0 Å². The first-order valence-corrected chi connectivity index (χ1v) is 6.50. The topological polar surface area (TPSA) is 62.2 Å². The van der Waals surface area contributed by atoms with Gasteiger partial charge >= 0.3 is 5.97 Å². The predicted molar refractivity (Wildman–Crippen MR) is 72.6 cm³/mol. The van der Waals surface area contributed by atoms with Crippen LogP contribution in [0.1, 0.15) is 21.1 Å². The van der Waals surface area contributed by atoms with Crippen LogP contribution in [0, 0.1) is 6.92 Å². The van der Waals surface area contributed by atoms with Crippen molar-refractivity contribution < 1.29 is 9.90 Å². The molecule has 2 N–H and O–H groups in total. The summed E-state index contributed by atoms with van der Waals surface area (Å²) in [5, 5.41) is 15.2. The van der Waals surface area contributed by atoms with Crippen molar-refractivity contribution >= 4 is 34.6 Å². The summed E-state index contributed by atoms with van der Waals surface area (Å²) in [5.74, 6) is -1.03. The summed E-state index contributed by atoms with van der Waals surface area (Å²) >= 11 is 7.47. The van der Waals surface area contributed by atoms with E-state index in [1.807, 2.05) is 12.3 Å². The molecule has 0 saturated carbocycles. The van der Waals surface area contributed by atoms with Crippen molar-refractivity contribution in [1.82, 2.24) is 4.98 Å². The van der Waals surface area contributed by atoms with Crippen molar-refractivity contribution in [1.29, 1.82) is 0 Å². The third kappa shape index (κ3) is 3.00. The number of benzene rings is 1. The summed E-state index contributed by atoms with van der Waals surface area (Å²) in [4.78, 5) is 15.1. The van der Waals surface area contributed by atoms with Crippen LogP contribution in [-0.4, -0.2) is 16.1 Å². The van der Waals surface area contributed by atoms with Crippen LogP contribution in [0.5, 0.6) is 0 Å². The Kier molecular flexibility index (Phi) is 3.84. The van der Waals surface area contributed by atoms with E-state index < -0.39 is 5.97 Å². The fraction of sp³-hybridized carbons (Fsp3) is 0.167. The molecule has 4 nitrogen and oxygen atoms in total. The van der Waals surface area contributed by atoms with E-state index in [-0.39, 0.29) is 10.6 Å². The Labute approximate surface area is 113 Å². The molecule has 0 saturated heterocycles. The highest BCUT2D eigenvalue weighted by molar-refractivity contribution is 7.09. The number of anilines is 1. The van der Waals surface area contributed by atoms with Crippen LogP contribution >= 0.6 is 22.9 Å². The maximum absolute atomic E-state index is 10.8. The molecule has 0 atom stereocenters. The summed E-state index contributed by atoms with van der Waals surface area (Å²) in [6.45, 7) is 2.54. The fourth-order valence-electron chi connectivity index (χ4n) is 1.48. The molecule has 0 spiro atoms. The molecule has 0 unspecified atom stereocenters. The fourth-order valence-corrected chi connectivity index (χ4v) is 2.35. The molecular weight excluding hydrogens is 272 g/mol. The van der Waals surface area contributed by atoms with Crippen LogP contribution in [0.25, 0.3) is 0 Å². The Balaban J connectivity index is 2.06. The van der Waals surface area contributed by atoms with Gasteiger partial charge in [-0.1, -0.05) is 11.6 Å².